The van der Waals surface area contributed by atoms with Crippen LogP contribution in [0.2, 0.25) is 19.6 Å². The molecule has 0 saturated carbocycles. The Morgan fingerprint density at radius 3 is 2.20 bits per heavy atom. The fourth-order valence-electron chi connectivity index (χ4n) is 0.399. The highest BCUT2D eigenvalue weighted by molar-refractivity contribution is 6.69. The molecular formula is C7H16O2Si. The Morgan fingerprint density at radius 1 is 1.40 bits per heavy atom. The van der Waals surface area contributed by atoms with Crippen LogP contribution in [-0.2, 0) is 9.22 Å². The molecule has 0 rings (SSSR count). The first-order valence-electron chi connectivity index (χ1n) is 3.61. The van der Waals surface area contributed by atoms with Crippen molar-refractivity contribution in [3.63, 3.8) is 0 Å². The molecular weight excluding hydrogens is 144 g/mol. The van der Waals surface area contributed by atoms with Crippen LogP contribution >= 0.6 is 0 Å². The van der Waals surface area contributed by atoms with Crippen molar-refractivity contribution in [2.45, 2.75) is 33.0 Å². The minimum Gasteiger partial charge on any atom is -0.410 e. The van der Waals surface area contributed by atoms with Gasteiger partial charge in [-0.1, -0.05) is 6.92 Å². The van der Waals surface area contributed by atoms with E-state index in [0.29, 0.717) is 13.0 Å². The molecule has 0 aromatic rings. The maximum absolute atomic E-state index is 10.8. The lowest BCUT2D eigenvalue weighted by Gasteiger charge is -2.15. The second-order valence-corrected chi connectivity index (χ2v) is 7.81. The summed E-state index contributed by atoms with van der Waals surface area (Å²) in [6, 6.07) is 0. The molecule has 0 bridgehead atoms. The van der Waals surface area contributed by atoms with E-state index in [1.807, 2.05) is 6.92 Å². The van der Waals surface area contributed by atoms with Crippen molar-refractivity contribution >= 4 is 14.1 Å². The first-order valence-corrected chi connectivity index (χ1v) is 7.02. The molecule has 0 amide bonds. The number of hydrogen-bond acceptors (Lipinski definition) is 2. The molecule has 0 atom stereocenters. The summed E-state index contributed by atoms with van der Waals surface area (Å²) >= 11 is 0. The molecule has 0 aromatic heterocycles. The molecule has 0 fully saturated rings. The summed E-state index contributed by atoms with van der Waals surface area (Å²) < 4.78 is 5.37. The van der Waals surface area contributed by atoms with Crippen molar-refractivity contribution in [1.29, 1.82) is 0 Å². The zero-order valence-corrected chi connectivity index (χ0v) is 8.23. The Balaban J connectivity index is 3.46. The number of carbonyl (C=O) groups excluding carboxylic acids is 1. The molecule has 10 heavy (non-hydrogen) atoms. The maximum atomic E-state index is 10.8. The lowest BCUT2D eigenvalue weighted by Crippen LogP contribution is -2.28. The highest BCUT2D eigenvalue weighted by Gasteiger charge is 2.14. The van der Waals surface area contributed by atoms with Crippen LogP contribution in [0.5, 0.6) is 0 Å². The standard InChI is InChI=1S/C7H16O2Si/c1-5-7(8)6-9-10(2,3)4/h5-6H2,1-4H3. The van der Waals surface area contributed by atoms with E-state index >= 15 is 0 Å². The SMILES string of the molecule is CCC(=O)CO[Si](C)(C)C. The van der Waals surface area contributed by atoms with Crippen LogP contribution in [0.4, 0.5) is 0 Å². The zero-order chi connectivity index (χ0) is 8.20. The van der Waals surface area contributed by atoms with Gasteiger partial charge in [0.1, 0.15) is 0 Å². The van der Waals surface area contributed by atoms with Gasteiger partial charge < -0.3 is 4.43 Å². The summed E-state index contributed by atoms with van der Waals surface area (Å²) in [6.45, 7) is 8.41. The van der Waals surface area contributed by atoms with Gasteiger partial charge in [0.25, 0.3) is 0 Å². The van der Waals surface area contributed by atoms with E-state index in [-0.39, 0.29) is 5.78 Å². The van der Waals surface area contributed by atoms with Gasteiger partial charge in [0.2, 0.25) is 0 Å². The van der Waals surface area contributed by atoms with Crippen LogP contribution in [0.1, 0.15) is 13.3 Å². The van der Waals surface area contributed by atoms with Crippen LogP contribution in [-0.4, -0.2) is 20.7 Å². The van der Waals surface area contributed by atoms with E-state index < -0.39 is 8.32 Å². The Kier molecular flexibility index (Phi) is 3.82. The van der Waals surface area contributed by atoms with Gasteiger partial charge >= 0.3 is 0 Å². The highest BCUT2D eigenvalue weighted by atomic mass is 28.4. The van der Waals surface area contributed by atoms with Crippen LogP contribution in [0.25, 0.3) is 0 Å². The van der Waals surface area contributed by atoms with E-state index in [0.717, 1.165) is 0 Å². The fourth-order valence-corrected chi connectivity index (χ4v) is 0.993. The molecule has 0 aliphatic heterocycles. The third-order valence-corrected chi connectivity index (χ3v) is 2.07. The summed E-state index contributed by atoms with van der Waals surface area (Å²) in [6.07, 6.45) is 0.588. The lowest BCUT2D eigenvalue weighted by atomic mass is 10.3. The lowest BCUT2D eigenvalue weighted by molar-refractivity contribution is -0.120. The quantitative estimate of drug-likeness (QED) is 0.586. The molecule has 0 N–H and O–H groups in total. The Labute approximate surface area is 63.7 Å². The molecule has 2 nitrogen and oxygen atoms in total. The molecule has 3 heteroatoms. The van der Waals surface area contributed by atoms with E-state index in [9.17, 15) is 4.79 Å². The van der Waals surface area contributed by atoms with Crippen molar-refractivity contribution in [2.75, 3.05) is 6.61 Å². The number of hydrogen-bond donors (Lipinski definition) is 0. The summed E-state index contributed by atoms with van der Waals surface area (Å²) in [5.41, 5.74) is 0. The van der Waals surface area contributed by atoms with Crippen LogP contribution in [0.15, 0.2) is 0 Å². The largest absolute Gasteiger partial charge is 0.410 e. The maximum Gasteiger partial charge on any atom is 0.184 e. The number of carbonyl (C=O) groups is 1. The molecule has 0 aliphatic carbocycles. The molecule has 0 heterocycles. The molecule has 0 aliphatic rings. The Morgan fingerprint density at radius 2 is 1.90 bits per heavy atom. The molecule has 0 saturated heterocycles. The predicted octanol–water partition coefficient (Wildman–Crippen LogP) is 1.82. The minimum atomic E-state index is -1.46. The summed E-state index contributed by atoms with van der Waals surface area (Å²) in [7, 11) is -1.46. The second kappa shape index (κ2) is 3.88. The van der Waals surface area contributed by atoms with Gasteiger partial charge in [-0.05, 0) is 19.6 Å². The fraction of sp³-hybridized carbons (Fsp3) is 0.857. The zero-order valence-electron chi connectivity index (χ0n) is 7.23. The Bertz CT molecular complexity index is 115. The first-order chi connectivity index (χ1) is 4.45. The van der Waals surface area contributed by atoms with E-state index in [4.69, 9.17) is 4.43 Å². The van der Waals surface area contributed by atoms with Gasteiger partial charge in [-0.2, -0.15) is 0 Å². The third-order valence-electron chi connectivity index (χ3n) is 1.06. The van der Waals surface area contributed by atoms with Crippen LogP contribution in [0, 0.1) is 0 Å². The van der Waals surface area contributed by atoms with Crippen molar-refractivity contribution in [3.05, 3.63) is 0 Å². The smallest absolute Gasteiger partial charge is 0.184 e. The van der Waals surface area contributed by atoms with Crippen molar-refractivity contribution in [3.8, 4) is 0 Å². The average molecular weight is 160 g/mol. The third kappa shape index (κ3) is 5.97. The molecule has 0 radical (unpaired) electrons. The van der Waals surface area contributed by atoms with Crippen LogP contribution in [0.3, 0.4) is 0 Å². The number of rotatable bonds is 4. The highest BCUT2D eigenvalue weighted by Crippen LogP contribution is 2.02. The van der Waals surface area contributed by atoms with E-state index in [1.165, 1.54) is 0 Å². The average Bonchev–Trinajstić information content (AvgIpc) is 1.81. The summed E-state index contributed by atoms with van der Waals surface area (Å²) in [4.78, 5) is 10.8. The Hall–Kier alpha value is -0.153. The molecule has 0 spiro atoms. The molecule has 0 unspecified atom stereocenters. The second-order valence-electron chi connectivity index (χ2n) is 3.29. The van der Waals surface area contributed by atoms with Gasteiger partial charge in [0.15, 0.2) is 14.1 Å². The summed E-state index contributed by atoms with van der Waals surface area (Å²) in [5, 5.41) is 0. The van der Waals surface area contributed by atoms with Gasteiger partial charge in [-0.3, -0.25) is 4.79 Å². The van der Waals surface area contributed by atoms with Crippen LogP contribution < -0.4 is 0 Å². The van der Waals surface area contributed by atoms with Crippen molar-refractivity contribution in [2.24, 2.45) is 0 Å². The monoisotopic (exact) mass is 160 g/mol. The first kappa shape index (κ1) is 9.85. The van der Waals surface area contributed by atoms with Gasteiger partial charge in [-0.15, -0.1) is 0 Å². The molecule has 0 aromatic carbocycles. The number of ketones is 1. The number of Topliss-reactive ketones (excluding diaryl/α,β-unsaturated/α-hetero) is 1. The minimum absolute atomic E-state index is 0.197. The summed E-state index contributed by atoms with van der Waals surface area (Å²) in [5.74, 6) is 0.197. The van der Waals surface area contributed by atoms with Gasteiger partial charge in [0.05, 0.1) is 6.61 Å². The molecule has 60 valence electrons. The van der Waals surface area contributed by atoms with Crippen molar-refractivity contribution < 1.29 is 9.22 Å². The van der Waals surface area contributed by atoms with Gasteiger partial charge in [0, 0.05) is 6.42 Å². The normalized spacial score (nSPS) is 11.6. The topological polar surface area (TPSA) is 26.3 Å². The van der Waals surface area contributed by atoms with Crippen molar-refractivity contribution in [1.82, 2.24) is 0 Å². The van der Waals surface area contributed by atoms with E-state index in [2.05, 4.69) is 19.6 Å². The van der Waals surface area contributed by atoms with E-state index in [1.54, 1.807) is 0 Å². The predicted molar refractivity (Wildman–Crippen MR) is 44.6 cm³/mol. The van der Waals surface area contributed by atoms with Gasteiger partial charge in [-0.25, -0.2) is 0 Å².